The fourth-order valence-corrected chi connectivity index (χ4v) is 3.17. The Hall–Kier alpha value is -3.29. The Labute approximate surface area is 142 Å². The quantitative estimate of drug-likeness (QED) is 0.662. The standard InChI is InChI=1S/C17H17N3O5/c18-14-12(16(22)23)11(13(17(24)25)15(21)19-14)9-4-3-5-10(8-9)20-6-1-2-7-20/h3-5,8H,1-2,6-7H2,(H,22,23)(H,24,25)(H3,18,19,21). The highest BCUT2D eigenvalue weighted by atomic mass is 16.4. The smallest absolute Gasteiger partial charge is 0.342 e. The summed E-state index contributed by atoms with van der Waals surface area (Å²) in [5.74, 6) is -3.28. The van der Waals surface area contributed by atoms with Gasteiger partial charge in [0.05, 0.1) is 0 Å². The highest BCUT2D eigenvalue weighted by Crippen LogP contribution is 2.32. The van der Waals surface area contributed by atoms with Crippen molar-refractivity contribution < 1.29 is 19.8 Å². The molecule has 8 nitrogen and oxygen atoms in total. The topological polar surface area (TPSA) is 137 Å². The van der Waals surface area contributed by atoms with E-state index < -0.39 is 28.6 Å². The first kappa shape index (κ1) is 16.6. The molecular formula is C17H17N3O5. The Morgan fingerprint density at radius 2 is 1.72 bits per heavy atom. The molecule has 1 saturated heterocycles. The molecule has 1 fully saturated rings. The average Bonchev–Trinajstić information content (AvgIpc) is 3.07. The normalized spacial score (nSPS) is 13.8. The minimum absolute atomic E-state index is 0.178. The van der Waals surface area contributed by atoms with Crippen molar-refractivity contribution in [3.8, 4) is 11.1 Å². The van der Waals surface area contributed by atoms with Gasteiger partial charge in [0.25, 0.3) is 5.56 Å². The summed E-state index contributed by atoms with van der Waals surface area (Å²) in [5.41, 5.74) is 4.66. The van der Waals surface area contributed by atoms with E-state index in [-0.39, 0.29) is 11.4 Å². The van der Waals surface area contributed by atoms with E-state index in [4.69, 9.17) is 5.73 Å². The first-order valence-corrected chi connectivity index (χ1v) is 7.78. The van der Waals surface area contributed by atoms with Crippen molar-refractivity contribution in [3.05, 3.63) is 45.7 Å². The predicted octanol–water partition coefficient (Wildman–Crippen LogP) is 1.62. The maximum Gasteiger partial charge on any atom is 0.342 e. The van der Waals surface area contributed by atoms with Crippen LogP contribution in [-0.4, -0.2) is 40.2 Å². The molecule has 0 aliphatic carbocycles. The van der Waals surface area contributed by atoms with Crippen LogP contribution < -0.4 is 16.2 Å². The van der Waals surface area contributed by atoms with Gasteiger partial charge in [-0.15, -0.1) is 0 Å². The molecular weight excluding hydrogens is 326 g/mol. The summed E-state index contributed by atoms with van der Waals surface area (Å²) < 4.78 is 0. The van der Waals surface area contributed by atoms with Crippen LogP contribution in [0.5, 0.6) is 0 Å². The zero-order valence-electron chi connectivity index (χ0n) is 13.3. The number of nitrogens with two attached hydrogens (primary N) is 1. The van der Waals surface area contributed by atoms with Crippen molar-refractivity contribution in [1.29, 1.82) is 0 Å². The molecule has 25 heavy (non-hydrogen) atoms. The number of aromatic carboxylic acids is 2. The number of carboxylic acids is 2. The lowest BCUT2D eigenvalue weighted by atomic mass is 9.95. The third-order valence-electron chi connectivity index (χ3n) is 4.28. The van der Waals surface area contributed by atoms with E-state index in [1.54, 1.807) is 18.2 Å². The fraction of sp³-hybridized carbons (Fsp3) is 0.235. The van der Waals surface area contributed by atoms with Crippen LogP contribution >= 0.6 is 0 Å². The summed E-state index contributed by atoms with van der Waals surface area (Å²) in [6, 6.07) is 6.84. The third kappa shape index (κ3) is 2.93. The van der Waals surface area contributed by atoms with E-state index >= 15 is 0 Å². The molecule has 0 saturated carbocycles. The predicted molar refractivity (Wildman–Crippen MR) is 92.3 cm³/mol. The molecule has 0 atom stereocenters. The molecule has 0 spiro atoms. The van der Waals surface area contributed by atoms with Crippen LogP contribution in [0.1, 0.15) is 33.6 Å². The number of hydrogen-bond donors (Lipinski definition) is 4. The fourth-order valence-electron chi connectivity index (χ4n) is 3.17. The number of anilines is 2. The molecule has 5 N–H and O–H groups in total. The number of nitrogen functional groups attached to an aromatic ring is 1. The van der Waals surface area contributed by atoms with Gasteiger partial charge in [-0.25, -0.2) is 9.59 Å². The number of carbonyl (C=O) groups is 2. The number of pyridine rings is 1. The Bertz CT molecular complexity index is 913. The molecule has 3 rings (SSSR count). The van der Waals surface area contributed by atoms with Crippen molar-refractivity contribution in [2.75, 3.05) is 23.7 Å². The maximum atomic E-state index is 12.1. The van der Waals surface area contributed by atoms with E-state index in [2.05, 4.69) is 9.88 Å². The number of nitrogens with zero attached hydrogens (tertiary/aromatic N) is 1. The van der Waals surface area contributed by atoms with Crippen molar-refractivity contribution in [2.24, 2.45) is 0 Å². The lowest BCUT2D eigenvalue weighted by molar-refractivity contribution is 0.0695. The monoisotopic (exact) mass is 343 g/mol. The van der Waals surface area contributed by atoms with E-state index in [0.29, 0.717) is 5.56 Å². The van der Waals surface area contributed by atoms with Crippen LogP contribution in [0.2, 0.25) is 0 Å². The minimum atomic E-state index is -1.51. The van der Waals surface area contributed by atoms with Crippen molar-refractivity contribution in [2.45, 2.75) is 12.8 Å². The molecule has 1 aromatic heterocycles. The molecule has 1 aliphatic rings. The minimum Gasteiger partial charge on any atom is -0.478 e. The van der Waals surface area contributed by atoms with Gasteiger partial charge in [0, 0.05) is 24.3 Å². The summed E-state index contributed by atoms with van der Waals surface area (Å²) in [6.45, 7) is 1.75. The summed E-state index contributed by atoms with van der Waals surface area (Å²) in [5, 5.41) is 18.9. The van der Waals surface area contributed by atoms with E-state index in [0.717, 1.165) is 31.6 Å². The van der Waals surface area contributed by atoms with Crippen LogP contribution in [0.4, 0.5) is 11.5 Å². The zero-order chi connectivity index (χ0) is 18.1. The van der Waals surface area contributed by atoms with Gasteiger partial charge >= 0.3 is 11.9 Å². The Morgan fingerprint density at radius 1 is 1.08 bits per heavy atom. The van der Waals surface area contributed by atoms with Crippen molar-refractivity contribution in [3.63, 3.8) is 0 Å². The van der Waals surface area contributed by atoms with Gasteiger partial charge in [-0.2, -0.15) is 0 Å². The molecule has 0 amide bonds. The lowest BCUT2D eigenvalue weighted by Gasteiger charge is -2.19. The molecule has 0 bridgehead atoms. The van der Waals surface area contributed by atoms with Gasteiger partial charge in [0.15, 0.2) is 0 Å². The number of aromatic amines is 1. The lowest BCUT2D eigenvalue weighted by Crippen LogP contribution is -2.24. The molecule has 2 heterocycles. The number of aromatic nitrogens is 1. The van der Waals surface area contributed by atoms with E-state index in [1.165, 1.54) is 0 Å². The molecule has 0 radical (unpaired) electrons. The van der Waals surface area contributed by atoms with Crippen LogP contribution in [0, 0.1) is 0 Å². The molecule has 1 aliphatic heterocycles. The summed E-state index contributed by atoms with van der Waals surface area (Å²) >= 11 is 0. The highest BCUT2D eigenvalue weighted by molar-refractivity contribution is 6.07. The van der Waals surface area contributed by atoms with Crippen LogP contribution in [0.25, 0.3) is 11.1 Å². The molecule has 130 valence electrons. The number of hydrogen-bond acceptors (Lipinski definition) is 5. The maximum absolute atomic E-state index is 12.1. The number of benzene rings is 1. The van der Waals surface area contributed by atoms with Crippen LogP contribution in [0.15, 0.2) is 29.1 Å². The van der Waals surface area contributed by atoms with Crippen LogP contribution in [0.3, 0.4) is 0 Å². The zero-order valence-corrected chi connectivity index (χ0v) is 13.3. The largest absolute Gasteiger partial charge is 0.478 e. The second-order valence-corrected chi connectivity index (χ2v) is 5.85. The van der Waals surface area contributed by atoms with Crippen molar-refractivity contribution >= 4 is 23.4 Å². The number of rotatable bonds is 4. The number of H-pyrrole nitrogens is 1. The van der Waals surface area contributed by atoms with Gasteiger partial charge in [-0.3, -0.25) is 4.79 Å². The first-order valence-electron chi connectivity index (χ1n) is 7.78. The summed E-state index contributed by atoms with van der Waals surface area (Å²) in [4.78, 5) is 39.5. The summed E-state index contributed by atoms with van der Waals surface area (Å²) in [6.07, 6.45) is 2.12. The second kappa shape index (κ2) is 6.31. The van der Waals surface area contributed by atoms with Gasteiger partial charge in [0.2, 0.25) is 0 Å². The summed E-state index contributed by atoms with van der Waals surface area (Å²) in [7, 11) is 0. The van der Waals surface area contributed by atoms with E-state index in [1.807, 2.05) is 6.07 Å². The second-order valence-electron chi connectivity index (χ2n) is 5.85. The van der Waals surface area contributed by atoms with Crippen molar-refractivity contribution in [1.82, 2.24) is 4.98 Å². The Morgan fingerprint density at radius 3 is 2.32 bits per heavy atom. The molecule has 2 aromatic rings. The van der Waals surface area contributed by atoms with Gasteiger partial charge in [-0.1, -0.05) is 12.1 Å². The highest BCUT2D eigenvalue weighted by Gasteiger charge is 2.27. The molecule has 8 heteroatoms. The Kier molecular flexibility index (Phi) is 4.18. The van der Waals surface area contributed by atoms with Gasteiger partial charge in [0.1, 0.15) is 16.9 Å². The van der Waals surface area contributed by atoms with Crippen LogP contribution in [-0.2, 0) is 0 Å². The molecule has 0 unspecified atom stereocenters. The SMILES string of the molecule is Nc1[nH]c(=O)c(C(=O)O)c(-c2cccc(N3CCCC3)c2)c1C(=O)O. The van der Waals surface area contributed by atoms with Gasteiger partial charge < -0.3 is 25.8 Å². The number of nitrogens with one attached hydrogen (secondary N) is 1. The Balaban J connectivity index is 2.29. The molecule has 1 aromatic carbocycles. The third-order valence-corrected chi connectivity index (χ3v) is 4.28. The first-order chi connectivity index (χ1) is 11.9. The van der Waals surface area contributed by atoms with Gasteiger partial charge in [-0.05, 0) is 30.5 Å². The number of carboxylic acid groups (broad SMARTS) is 2. The van der Waals surface area contributed by atoms with E-state index in [9.17, 15) is 24.6 Å². The average molecular weight is 343 g/mol.